The number of hydrogen-bond donors (Lipinski definition) is 1. The van der Waals surface area contributed by atoms with Crippen molar-refractivity contribution in [3.63, 3.8) is 0 Å². The Morgan fingerprint density at radius 3 is 2.74 bits per heavy atom. The quantitative estimate of drug-likeness (QED) is 0.845. The van der Waals surface area contributed by atoms with Crippen LogP contribution in [0, 0.1) is 0 Å². The highest BCUT2D eigenvalue weighted by atomic mass is 16.5. The van der Waals surface area contributed by atoms with Crippen molar-refractivity contribution in [3.05, 3.63) is 12.4 Å². The fourth-order valence-electron chi connectivity index (χ4n) is 2.18. The van der Waals surface area contributed by atoms with Crippen LogP contribution in [0.2, 0.25) is 0 Å². The molecule has 0 spiro atoms. The summed E-state index contributed by atoms with van der Waals surface area (Å²) in [6, 6.07) is 2.25. The summed E-state index contributed by atoms with van der Waals surface area (Å²) < 4.78 is 5.11. The average Bonchev–Trinajstić information content (AvgIpc) is 2.40. The van der Waals surface area contributed by atoms with Gasteiger partial charge in [-0.25, -0.2) is 9.97 Å². The van der Waals surface area contributed by atoms with Crippen molar-refractivity contribution >= 4 is 11.6 Å². The van der Waals surface area contributed by atoms with Gasteiger partial charge in [0.1, 0.15) is 18.0 Å². The zero-order valence-electron chi connectivity index (χ0n) is 12.0. The summed E-state index contributed by atoms with van der Waals surface area (Å²) in [7, 11) is 3.85. The van der Waals surface area contributed by atoms with Crippen LogP contribution in [0.5, 0.6) is 0 Å². The van der Waals surface area contributed by atoms with Crippen LogP contribution in [-0.2, 0) is 4.74 Å². The Morgan fingerprint density at radius 2 is 2.05 bits per heavy atom. The molecule has 0 bridgehead atoms. The van der Waals surface area contributed by atoms with Gasteiger partial charge in [-0.3, -0.25) is 0 Å². The van der Waals surface area contributed by atoms with Gasteiger partial charge in [0, 0.05) is 45.4 Å². The third kappa shape index (κ3) is 4.04. The molecule has 1 aliphatic heterocycles. The van der Waals surface area contributed by atoms with E-state index in [0.29, 0.717) is 6.61 Å². The highest BCUT2D eigenvalue weighted by Gasteiger charge is 2.15. The average molecular weight is 265 g/mol. The molecule has 2 rings (SSSR count). The molecule has 0 saturated carbocycles. The number of piperazine rings is 1. The lowest BCUT2D eigenvalue weighted by atomic mass is 10.3. The van der Waals surface area contributed by atoms with E-state index in [1.165, 1.54) is 0 Å². The minimum absolute atomic E-state index is 0.236. The highest BCUT2D eigenvalue weighted by molar-refractivity contribution is 5.49. The summed E-state index contributed by atoms with van der Waals surface area (Å²) in [5.41, 5.74) is 0. The smallest absolute Gasteiger partial charge is 0.134 e. The highest BCUT2D eigenvalue weighted by Crippen LogP contribution is 2.16. The molecule has 1 saturated heterocycles. The first-order chi connectivity index (χ1) is 9.19. The van der Waals surface area contributed by atoms with Gasteiger partial charge in [0.2, 0.25) is 0 Å². The number of methoxy groups -OCH3 is 1. The number of rotatable bonds is 5. The van der Waals surface area contributed by atoms with Gasteiger partial charge in [-0.15, -0.1) is 0 Å². The van der Waals surface area contributed by atoms with Crippen molar-refractivity contribution < 1.29 is 4.74 Å². The van der Waals surface area contributed by atoms with Gasteiger partial charge >= 0.3 is 0 Å². The molecule has 1 aromatic rings. The van der Waals surface area contributed by atoms with Crippen LogP contribution in [0.25, 0.3) is 0 Å². The zero-order valence-corrected chi connectivity index (χ0v) is 12.0. The van der Waals surface area contributed by atoms with Crippen LogP contribution in [0.1, 0.15) is 6.92 Å². The largest absolute Gasteiger partial charge is 0.383 e. The number of ether oxygens (including phenoxy) is 1. The van der Waals surface area contributed by atoms with E-state index in [-0.39, 0.29) is 6.04 Å². The van der Waals surface area contributed by atoms with Gasteiger partial charge in [-0.1, -0.05) is 0 Å². The first-order valence-corrected chi connectivity index (χ1v) is 6.70. The third-order valence-electron chi connectivity index (χ3n) is 3.29. The predicted molar refractivity (Wildman–Crippen MR) is 76.7 cm³/mol. The summed E-state index contributed by atoms with van der Waals surface area (Å²) in [6.45, 7) is 6.91. The Bertz CT molecular complexity index is 392. The Labute approximate surface area is 114 Å². The molecule has 106 valence electrons. The van der Waals surface area contributed by atoms with Crippen LogP contribution >= 0.6 is 0 Å². The molecule has 1 aromatic heterocycles. The van der Waals surface area contributed by atoms with E-state index >= 15 is 0 Å². The van der Waals surface area contributed by atoms with E-state index in [9.17, 15) is 0 Å². The molecule has 1 atom stereocenters. The summed E-state index contributed by atoms with van der Waals surface area (Å²) in [4.78, 5) is 13.3. The van der Waals surface area contributed by atoms with Crippen LogP contribution in [0.3, 0.4) is 0 Å². The van der Waals surface area contributed by atoms with Gasteiger partial charge in [0.05, 0.1) is 6.61 Å². The molecule has 19 heavy (non-hydrogen) atoms. The van der Waals surface area contributed by atoms with Crippen molar-refractivity contribution in [3.8, 4) is 0 Å². The van der Waals surface area contributed by atoms with Crippen LogP contribution in [0.15, 0.2) is 12.4 Å². The molecule has 0 aromatic carbocycles. The van der Waals surface area contributed by atoms with Crippen LogP contribution < -0.4 is 10.2 Å². The predicted octanol–water partition coefficient (Wildman–Crippen LogP) is 0.675. The molecular weight excluding hydrogens is 242 g/mol. The van der Waals surface area contributed by atoms with Crippen molar-refractivity contribution in [2.75, 3.05) is 57.2 Å². The van der Waals surface area contributed by atoms with E-state index in [1.54, 1.807) is 13.4 Å². The number of nitrogens with one attached hydrogen (secondary N) is 1. The van der Waals surface area contributed by atoms with Gasteiger partial charge in [0.25, 0.3) is 0 Å². The first-order valence-electron chi connectivity index (χ1n) is 6.70. The maximum Gasteiger partial charge on any atom is 0.134 e. The Kier molecular flexibility index (Phi) is 4.93. The maximum atomic E-state index is 5.11. The zero-order chi connectivity index (χ0) is 13.7. The Balaban J connectivity index is 1.98. The van der Waals surface area contributed by atoms with E-state index in [1.807, 2.05) is 6.07 Å². The number of aromatic nitrogens is 2. The standard InChI is InChI=1S/C13H23N5O/c1-11(9-19-3)16-12-8-13(15-10-14-12)18-6-4-17(2)5-7-18/h8,10-11H,4-7,9H2,1-3H3,(H,14,15,16)/t11-/m1/s1. The van der Waals surface area contributed by atoms with E-state index in [0.717, 1.165) is 37.8 Å². The van der Waals surface area contributed by atoms with Crippen LogP contribution in [0.4, 0.5) is 11.6 Å². The maximum absolute atomic E-state index is 5.11. The number of hydrogen-bond acceptors (Lipinski definition) is 6. The molecule has 2 heterocycles. The second-order valence-corrected chi connectivity index (χ2v) is 5.05. The van der Waals surface area contributed by atoms with Gasteiger partial charge in [0.15, 0.2) is 0 Å². The lowest BCUT2D eigenvalue weighted by Gasteiger charge is -2.33. The molecule has 1 N–H and O–H groups in total. The lowest BCUT2D eigenvalue weighted by Crippen LogP contribution is -2.44. The minimum atomic E-state index is 0.236. The van der Waals surface area contributed by atoms with Crippen molar-refractivity contribution in [2.45, 2.75) is 13.0 Å². The fourth-order valence-corrected chi connectivity index (χ4v) is 2.18. The molecule has 0 amide bonds. The van der Waals surface area contributed by atoms with Crippen molar-refractivity contribution in [2.24, 2.45) is 0 Å². The lowest BCUT2D eigenvalue weighted by molar-refractivity contribution is 0.190. The van der Waals surface area contributed by atoms with Crippen molar-refractivity contribution in [1.29, 1.82) is 0 Å². The summed E-state index contributed by atoms with van der Waals surface area (Å²) in [5, 5.41) is 3.32. The van der Waals surface area contributed by atoms with Crippen molar-refractivity contribution in [1.82, 2.24) is 14.9 Å². The Hall–Kier alpha value is -1.40. The molecule has 1 fully saturated rings. The fraction of sp³-hybridized carbons (Fsp3) is 0.692. The van der Waals surface area contributed by atoms with E-state index in [4.69, 9.17) is 4.74 Å². The summed E-state index contributed by atoms with van der Waals surface area (Å²) in [6.07, 6.45) is 1.62. The topological polar surface area (TPSA) is 53.5 Å². The van der Waals surface area contributed by atoms with Crippen LogP contribution in [-0.4, -0.2) is 67.9 Å². The molecule has 0 aliphatic carbocycles. The number of anilines is 2. The van der Waals surface area contributed by atoms with Gasteiger partial charge in [-0.05, 0) is 14.0 Å². The van der Waals surface area contributed by atoms with E-state index < -0.39 is 0 Å². The number of nitrogens with zero attached hydrogens (tertiary/aromatic N) is 4. The molecule has 0 unspecified atom stereocenters. The van der Waals surface area contributed by atoms with Gasteiger partial charge < -0.3 is 19.9 Å². The molecule has 0 radical (unpaired) electrons. The minimum Gasteiger partial charge on any atom is -0.383 e. The summed E-state index contributed by atoms with van der Waals surface area (Å²) >= 11 is 0. The Morgan fingerprint density at radius 1 is 1.32 bits per heavy atom. The van der Waals surface area contributed by atoms with E-state index in [2.05, 4.69) is 39.1 Å². The molecule has 6 nitrogen and oxygen atoms in total. The first kappa shape index (κ1) is 14.0. The second kappa shape index (κ2) is 6.68. The van der Waals surface area contributed by atoms with Gasteiger partial charge in [-0.2, -0.15) is 0 Å². The second-order valence-electron chi connectivity index (χ2n) is 5.05. The SMILES string of the molecule is COC[C@@H](C)Nc1cc(N2CCN(C)CC2)ncn1. The number of likely N-dealkylation sites (N-methyl/N-ethyl adjacent to an activating group) is 1. The monoisotopic (exact) mass is 265 g/mol. The summed E-state index contributed by atoms with van der Waals surface area (Å²) in [5.74, 6) is 1.85. The molecular formula is C13H23N5O. The molecule has 1 aliphatic rings. The molecule has 6 heteroatoms. The normalized spacial score (nSPS) is 18.4. The third-order valence-corrected chi connectivity index (χ3v) is 3.29.